The third kappa shape index (κ3) is 5.38. The Hall–Kier alpha value is -1.56. The Morgan fingerprint density at radius 3 is 2.33 bits per heavy atom. The summed E-state index contributed by atoms with van der Waals surface area (Å²) in [5.41, 5.74) is -0.582. The maximum Gasteiger partial charge on any atom is 0.329 e. The molecule has 6 heteroatoms. The SMILES string of the molecule is COc1csc(C(=O)N[C@H](C(=O)OC(C)(C)C)C(C)C)c1. The van der Waals surface area contributed by atoms with Crippen molar-refractivity contribution in [2.75, 3.05) is 7.11 Å². The number of carbonyl (C=O) groups is 2. The van der Waals surface area contributed by atoms with Gasteiger partial charge in [0, 0.05) is 11.4 Å². The summed E-state index contributed by atoms with van der Waals surface area (Å²) < 4.78 is 10.4. The lowest BCUT2D eigenvalue weighted by molar-refractivity contribution is -0.158. The van der Waals surface area contributed by atoms with E-state index in [1.807, 2.05) is 13.8 Å². The van der Waals surface area contributed by atoms with Crippen molar-refractivity contribution in [3.05, 3.63) is 16.3 Å². The van der Waals surface area contributed by atoms with Crippen molar-refractivity contribution in [3.8, 4) is 5.75 Å². The van der Waals surface area contributed by atoms with Crippen molar-refractivity contribution < 1.29 is 19.1 Å². The highest BCUT2D eigenvalue weighted by atomic mass is 32.1. The number of esters is 1. The molecule has 0 aliphatic carbocycles. The second-order valence-corrected chi connectivity index (χ2v) is 6.99. The highest BCUT2D eigenvalue weighted by Gasteiger charge is 2.29. The largest absolute Gasteiger partial charge is 0.496 e. The number of rotatable bonds is 5. The Kier molecular flexibility index (Phi) is 5.78. The van der Waals surface area contributed by atoms with E-state index in [0.717, 1.165) is 0 Å². The average Bonchev–Trinajstić information content (AvgIpc) is 2.81. The second-order valence-electron chi connectivity index (χ2n) is 6.08. The number of thiophene rings is 1. The summed E-state index contributed by atoms with van der Waals surface area (Å²) >= 11 is 1.27. The zero-order chi connectivity index (χ0) is 16.2. The zero-order valence-corrected chi connectivity index (χ0v) is 14.2. The van der Waals surface area contributed by atoms with Gasteiger partial charge in [0.2, 0.25) is 0 Å². The minimum atomic E-state index is -0.676. The molecule has 5 nitrogen and oxygen atoms in total. The molecule has 0 bridgehead atoms. The van der Waals surface area contributed by atoms with Crippen LogP contribution in [0.15, 0.2) is 11.4 Å². The lowest BCUT2D eigenvalue weighted by Crippen LogP contribution is -2.47. The standard InChI is InChI=1S/C15H23NO4S/c1-9(2)12(14(18)20-15(3,4)5)16-13(17)11-7-10(19-6)8-21-11/h7-9,12H,1-6H3,(H,16,17)/t12-/m0/s1. The summed E-state index contributed by atoms with van der Waals surface area (Å²) in [6, 6.07) is 0.969. The van der Waals surface area contributed by atoms with Crippen molar-refractivity contribution in [2.45, 2.75) is 46.3 Å². The van der Waals surface area contributed by atoms with Crippen LogP contribution in [0.4, 0.5) is 0 Å². The summed E-state index contributed by atoms with van der Waals surface area (Å²) in [6.45, 7) is 9.13. The molecular weight excluding hydrogens is 290 g/mol. The summed E-state index contributed by atoms with van der Waals surface area (Å²) in [5.74, 6) is -0.156. The van der Waals surface area contributed by atoms with E-state index >= 15 is 0 Å². The van der Waals surface area contributed by atoms with E-state index in [0.29, 0.717) is 10.6 Å². The summed E-state index contributed by atoms with van der Waals surface area (Å²) in [5, 5.41) is 4.48. The number of methoxy groups -OCH3 is 1. The molecule has 118 valence electrons. The first-order valence-electron chi connectivity index (χ1n) is 6.80. The first-order valence-corrected chi connectivity index (χ1v) is 7.68. The van der Waals surface area contributed by atoms with E-state index in [2.05, 4.69) is 5.32 Å². The number of hydrogen-bond donors (Lipinski definition) is 1. The molecule has 0 spiro atoms. The van der Waals surface area contributed by atoms with Gasteiger partial charge in [-0.2, -0.15) is 0 Å². The Bertz CT molecular complexity index is 502. The van der Waals surface area contributed by atoms with Gasteiger partial charge in [0.05, 0.1) is 12.0 Å². The molecule has 0 aliphatic rings. The van der Waals surface area contributed by atoms with Gasteiger partial charge in [0.15, 0.2) is 0 Å². The topological polar surface area (TPSA) is 64.6 Å². The molecule has 1 atom stereocenters. The molecule has 0 aliphatic heterocycles. The van der Waals surface area contributed by atoms with Crippen molar-refractivity contribution in [1.82, 2.24) is 5.32 Å². The molecule has 1 aromatic rings. The van der Waals surface area contributed by atoms with Crippen LogP contribution in [0, 0.1) is 5.92 Å². The van der Waals surface area contributed by atoms with Crippen LogP contribution in [0.3, 0.4) is 0 Å². The average molecular weight is 313 g/mol. The van der Waals surface area contributed by atoms with E-state index in [1.165, 1.54) is 11.3 Å². The molecule has 0 saturated carbocycles. The molecular formula is C15H23NO4S. The molecule has 0 aromatic carbocycles. The molecule has 0 saturated heterocycles. The predicted molar refractivity (Wildman–Crippen MR) is 82.8 cm³/mol. The highest BCUT2D eigenvalue weighted by molar-refractivity contribution is 7.12. The molecule has 21 heavy (non-hydrogen) atoms. The fourth-order valence-electron chi connectivity index (χ4n) is 1.62. The van der Waals surface area contributed by atoms with Gasteiger partial charge in [-0.25, -0.2) is 4.79 Å². The third-order valence-corrected chi connectivity index (χ3v) is 3.56. The smallest absolute Gasteiger partial charge is 0.329 e. The van der Waals surface area contributed by atoms with Crippen molar-refractivity contribution in [3.63, 3.8) is 0 Å². The van der Waals surface area contributed by atoms with Crippen LogP contribution in [0.2, 0.25) is 0 Å². The van der Waals surface area contributed by atoms with E-state index < -0.39 is 17.6 Å². The van der Waals surface area contributed by atoms with Crippen LogP contribution >= 0.6 is 11.3 Å². The van der Waals surface area contributed by atoms with E-state index in [1.54, 1.807) is 39.3 Å². The van der Waals surface area contributed by atoms with Crippen molar-refractivity contribution >= 4 is 23.2 Å². The molecule has 0 unspecified atom stereocenters. The summed E-state index contributed by atoms with van der Waals surface area (Å²) in [6.07, 6.45) is 0. The molecule has 1 aromatic heterocycles. The Morgan fingerprint density at radius 1 is 1.29 bits per heavy atom. The Morgan fingerprint density at radius 2 is 1.90 bits per heavy atom. The zero-order valence-electron chi connectivity index (χ0n) is 13.4. The summed E-state index contributed by atoms with van der Waals surface area (Å²) in [4.78, 5) is 24.9. The predicted octanol–water partition coefficient (Wildman–Crippen LogP) is 2.85. The number of nitrogens with one attached hydrogen (secondary N) is 1. The van der Waals surface area contributed by atoms with E-state index in [4.69, 9.17) is 9.47 Å². The normalized spacial score (nSPS) is 12.9. The minimum absolute atomic E-state index is 0.0642. The Balaban J connectivity index is 2.78. The molecule has 0 radical (unpaired) electrons. The number of hydrogen-bond acceptors (Lipinski definition) is 5. The van der Waals surface area contributed by atoms with Crippen LogP contribution in [-0.4, -0.2) is 30.6 Å². The van der Waals surface area contributed by atoms with Crippen LogP contribution in [0.5, 0.6) is 5.75 Å². The van der Waals surface area contributed by atoms with Crippen LogP contribution in [0.25, 0.3) is 0 Å². The van der Waals surface area contributed by atoms with Crippen LogP contribution in [-0.2, 0) is 9.53 Å². The molecule has 1 heterocycles. The highest BCUT2D eigenvalue weighted by Crippen LogP contribution is 2.21. The lowest BCUT2D eigenvalue weighted by Gasteiger charge is -2.26. The van der Waals surface area contributed by atoms with Crippen LogP contribution < -0.4 is 10.1 Å². The van der Waals surface area contributed by atoms with Crippen molar-refractivity contribution in [2.24, 2.45) is 5.92 Å². The molecule has 1 amide bonds. The number of carbonyl (C=O) groups excluding carboxylic acids is 2. The van der Waals surface area contributed by atoms with Gasteiger partial charge in [-0.05, 0) is 26.7 Å². The minimum Gasteiger partial charge on any atom is -0.496 e. The van der Waals surface area contributed by atoms with E-state index in [-0.39, 0.29) is 11.8 Å². The monoisotopic (exact) mass is 313 g/mol. The van der Waals surface area contributed by atoms with Gasteiger partial charge >= 0.3 is 5.97 Å². The molecule has 1 N–H and O–H groups in total. The maximum atomic E-state index is 12.2. The fraction of sp³-hybridized carbons (Fsp3) is 0.600. The van der Waals surface area contributed by atoms with E-state index in [9.17, 15) is 9.59 Å². The first kappa shape index (κ1) is 17.5. The van der Waals surface area contributed by atoms with Gasteiger partial charge in [-0.15, -0.1) is 11.3 Å². The maximum absolute atomic E-state index is 12.2. The van der Waals surface area contributed by atoms with Gasteiger partial charge in [0.25, 0.3) is 5.91 Å². The molecule has 0 fully saturated rings. The lowest BCUT2D eigenvalue weighted by atomic mass is 10.0. The quantitative estimate of drug-likeness (QED) is 0.849. The van der Waals surface area contributed by atoms with Gasteiger partial charge in [-0.1, -0.05) is 13.8 Å². The summed E-state index contributed by atoms with van der Waals surface area (Å²) in [7, 11) is 1.54. The van der Waals surface area contributed by atoms with Gasteiger partial charge < -0.3 is 14.8 Å². The number of ether oxygens (including phenoxy) is 2. The second kappa shape index (κ2) is 6.93. The van der Waals surface area contributed by atoms with Gasteiger partial charge in [0.1, 0.15) is 17.4 Å². The third-order valence-electron chi connectivity index (χ3n) is 2.65. The number of amides is 1. The molecule has 1 rings (SSSR count). The Labute approximate surface area is 129 Å². The van der Waals surface area contributed by atoms with Gasteiger partial charge in [-0.3, -0.25) is 4.79 Å². The van der Waals surface area contributed by atoms with Crippen LogP contribution in [0.1, 0.15) is 44.3 Å². The van der Waals surface area contributed by atoms with Crippen molar-refractivity contribution in [1.29, 1.82) is 0 Å². The first-order chi connectivity index (χ1) is 9.64. The fourth-order valence-corrected chi connectivity index (χ4v) is 2.38.